The maximum absolute atomic E-state index is 11.5. The molecule has 0 saturated carbocycles. The molecule has 0 atom stereocenters. The van der Waals surface area contributed by atoms with Crippen molar-refractivity contribution in [2.45, 2.75) is 27.7 Å². The molecule has 0 radical (unpaired) electrons. The van der Waals surface area contributed by atoms with Gasteiger partial charge in [-0.15, -0.1) is 0 Å². The summed E-state index contributed by atoms with van der Waals surface area (Å²) in [4.78, 5) is 15.7. The zero-order valence-electron chi connectivity index (χ0n) is 12.2. The first-order chi connectivity index (χ1) is 9.59. The molecule has 1 N–H and O–H groups in total. The highest BCUT2D eigenvalue weighted by Gasteiger charge is 2.09. The normalized spacial score (nSPS) is 9.45. The molecule has 0 fully saturated rings. The average molecular weight is 291 g/mol. The second kappa shape index (κ2) is 7.65. The Morgan fingerprint density at radius 3 is 2.55 bits per heavy atom. The van der Waals surface area contributed by atoms with Crippen LogP contribution in [-0.4, -0.2) is 10.8 Å². The molecule has 0 aliphatic heterocycles. The second-order valence-electron chi connectivity index (χ2n) is 3.99. The summed E-state index contributed by atoms with van der Waals surface area (Å²) in [5, 5.41) is 3.83. The molecule has 4 heteroatoms. The zero-order chi connectivity index (χ0) is 15.1. The molecule has 0 amide bonds. The smallest absolute Gasteiger partial charge is 0.163 e. The summed E-state index contributed by atoms with van der Waals surface area (Å²) in [5.41, 5.74) is 2.35. The van der Waals surface area contributed by atoms with E-state index in [9.17, 15) is 4.79 Å². The van der Waals surface area contributed by atoms with Gasteiger partial charge >= 0.3 is 0 Å². The predicted molar refractivity (Wildman–Crippen MR) is 85.1 cm³/mol. The van der Waals surface area contributed by atoms with Gasteiger partial charge in [0.25, 0.3) is 0 Å². The number of nitrogens with zero attached hydrogens (tertiary/aromatic N) is 1. The molecular formula is C16H19ClN2O. The minimum Gasteiger partial charge on any atom is -0.339 e. The minimum absolute atomic E-state index is 0.0229. The van der Waals surface area contributed by atoms with E-state index in [1.165, 1.54) is 6.92 Å². The van der Waals surface area contributed by atoms with E-state index in [2.05, 4.69) is 10.3 Å². The highest BCUT2D eigenvalue weighted by molar-refractivity contribution is 6.31. The Balaban J connectivity index is 0.000000956. The van der Waals surface area contributed by atoms with Gasteiger partial charge in [0.2, 0.25) is 0 Å². The molecule has 0 spiro atoms. The molecule has 1 aromatic heterocycles. The van der Waals surface area contributed by atoms with Gasteiger partial charge < -0.3 is 5.32 Å². The number of ketones is 1. The first kappa shape index (κ1) is 16.2. The van der Waals surface area contributed by atoms with Crippen molar-refractivity contribution in [1.82, 2.24) is 4.98 Å². The van der Waals surface area contributed by atoms with Gasteiger partial charge in [-0.05, 0) is 43.7 Å². The summed E-state index contributed by atoms with van der Waals surface area (Å²) in [6, 6.07) is 9.07. The van der Waals surface area contributed by atoms with Crippen LogP contribution in [0.25, 0.3) is 0 Å². The van der Waals surface area contributed by atoms with Crippen molar-refractivity contribution in [3.8, 4) is 0 Å². The van der Waals surface area contributed by atoms with Crippen molar-refractivity contribution in [2.24, 2.45) is 0 Å². The molecule has 3 nitrogen and oxygen atoms in total. The largest absolute Gasteiger partial charge is 0.339 e. The number of hydrogen-bond acceptors (Lipinski definition) is 3. The number of Topliss-reactive ketones (excluding diaryl/α,β-unsaturated/α-hetero) is 1. The lowest BCUT2D eigenvalue weighted by Gasteiger charge is -2.12. The quantitative estimate of drug-likeness (QED) is 0.807. The van der Waals surface area contributed by atoms with E-state index in [0.717, 1.165) is 11.3 Å². The predicted octanol–water partition coefficient (Wildman–Crippen LogP) is 5.02. The average Bonchev–Trinajstić information content (AvgIpc) is 2.46. The van der Waals surface area contributed by atoms with Crippen LogP contribution in [0.2, 0.25) is 5.02 Å². The third kappa shape index (κ3) is 3.81. The van der Waals surface area contributed by atoms with Gasteiger partial charge in [-0.1, -0.05) is 31.5 Å². The molecule has 2 rings (SSSR count). The van der Waals surface area contributed by atoms with Crippen molar-refractivity contribution < 1.29 is 4.79 Å². The van der Waals surface area contributed by atoms with Crippen LogP contribution in [-0.2, 0) is 0 Å². The molecular weight excluding hydrogens is 272 g/mol. The molecule has 2 aromatic rings. The highest BCUT2D eigenvalue weighted by Crippen LogP contribution is 2.26. The summed E-state index contributed by atoms with van der Waals surface area (Å²) >= 11 is 6.06. The van der Waals surface area contributed by atoms with Crippen LogP contribution in [0.4, 0.5) is 11.5 Å². The third-order valence-electron chi connectivity index (χ3n) is 2.71. The van der Waals surface area contributed by atoms with Crippen LogP contribution >= 0.6 is 11.6 Å². The number of nitrogens with one attached hydrogen (secondary N) is 1. The van der Waals surface area contributed by atoms with Crippen LogP contribution < -0.4 is 5.32 Å². The topological polar surface area (TPSA) is 42.0 Å². The second-order valence-corrected chi connectivity index (χ2v) is 4.40. The van der Waals surface area contributed by atoms with Crippen molar-refractivity contribution >= 4 is 28.9 Å². The van der Waals surface area contributed by atoms with Gasteiger partial charge in [0.05, 0.1) is 5.56 Å². The Labute approximate surface area is 125 Å². The molecule has 0 aliphatic carbocycles. The fraction of sp³-hybridized carbons (Fsp3) is 0.250. The fourth-order valence-electron chi connectivity index (χ4n) is 1.66. The zero-order valence-corrected chi connectivity index (χ0v) is 13.0. The number of pyridine rings is 1. The van der Waals surface area contributed by atoms with Gasteiger partial charge in [0.1, 0.15) is 5.82 Å². The summed E-state index contributed by atoms with van der Waals surface area (Å²) in [7, 11) is 0. The van der Waals surface area contributed by atoms with E-state index in [-0.39, 0.29) is 5.78 Å². The Kier molecular flexibility index (Phi) is 6.19. The first-order valence-corrected chi connectivity index (χ1v) is 6.95. The fourth-order valence-corrected chi connectivity index (χ4v) is 1.83. The molecule has 1 heterocycles. The first-order valence-electron chi connectivity index (χ1n) is 6.57. The monoisotopic (exact) mass is 290 g/mol. The lowest BCUT2D eigenvalue weighted by Crippen LogP contribution is -2.03. The Morgan fingerprint density at radius 1 is 1.20 bits per heavy atom. The van der Waals surface area contributed by atoms with Crippen LogP contribution in [0.3, 0.4) is 0 Å². The number of aromatic nitrogens is 1. The number of anilines is 2. The number of benzene rings is 1. The molecule has 0 saturated heterocycles. The van der Waals surface area contributed by atoms with Crippen molar-refractivity contribution in [3.05, 3.63) is 52.7 Å². The van der Waals surface area contributed by atoms with Gasteiger partial charge in [0, 0.05) is 16.9 Å². The molecule has 0 aliphatic rings. The molecule has 1 aromatic carbocycles. The van der Waals surface area contributed by atoms with Crippen LogP contribution in [0.15, 0.2) is 36.5 Å². The maximum atomic E-state index is 11.5. The van der Waals surface area contributed by atoms with E-state index >= 15 is 0 Å². The Bertz CT molecular complexity index is 597. The van der Waals surface area contributed by atoms with E-state index in [1.54, 1.807) is 18.3 Å². The summed E-state index contributed by atoms with van der Waals surface area (Å²) in [6.45, 7) is 7.44. The number of carbonyl (C=O) groups is 1. The number of rotatable bonds is 3. The molecule has 0 bridgehead atoms. The number of carbonyl (C=O) groups excluding carboxylic acids is 1. The Hall–Kier alpha value is -1.87. The number of hydrogen-bond donors (Lipinski definition) is 1. The minimum atomic E-state index is -0.0229. The van der Waals surface area contributed by atoms with Crippen LogP contribution in [0.5, 0.6) is 0 Å². The standard InChI is InChI=1S/C14H13ClN2O.C2H6/c1-9-12(15)6-3-7-13(9)17-14-11(10(2)18)5-4-8-16-14;1-2/h3-8H,1-2H3,(H,16,17);1-2H3. The Morgan fingerprint density at radius 2 is 1.90 bits per heavy atom. The summed E-state index contributed by atoms with van der Waals surface area (Å²) in [5.74, 6) is 0.528. The summed E-state index contributed by atoms with van der Waals surface area (Å²) < 4.78 is 0. The van der Waals surface area contributed by atoms with E-state index < -0.39 is 0 Å². The van der Waals surface area contributed by atoms with Crippen molar-refractivity contribution in [3.63, 3.8) is 0 Å². The van der Waals surface area contributed by atoms with Gasteiger partial charge in [-0.25, -0.2) is 4.98 Å². The van der Waals surface area contributed by atoms with Gasteiger partial charge in [-0.3, -0.25) is 4.79 Å². The molecule has 20 heavy (non-hydrogen) atoms. The SMILES string of the molecule is CC.CC(=O)c1cccnc1Nc1cccc(Cl)c1C. The van der Waals surface area contributed by atoms with E-state index in [0.29, 0.717) is 16.4 Å². The van der Waals surface area contributed by atoms with E-state index in [1.807, 2.05) is 39.0 Å². The third-order valence-corrected chi connectivity index (χ3v) is 3.12. The highest BCUT2D eigenvalue weighted by atomic mass is 35.5. The maximum Gasteiger partial charge on any atom is 0.163 e. The lowest BCUT2D eigenvalue weighted by atomic mass is 10.1. The number of halogens is 1. The summed E-state index contributed by atoms with van der Waals surface area (Å²) in [6.07, 6.45) is 1.65. The van der Waals surface area contributed by atoms with Crippen LogP contribution in [0, 0.1) is 6.92 Å². The molecule has 106 valence electrons. The van der Waals surface area contributed by atoms with Crippen molar-refractivity contribution in [1.29, 1.82) is 0 Å². The lowest BCUT2D eigenvalue weighted by molar-refractivity contribution is 0.101. The van der Waals surface area contributed by atoms with Gasteiger partial charge in [0.15, 0.2) is 5.78 Å². The molecule has 0 unspecified atom stereocenters. The van der Waals surface area contributed by atoms with Crippen molar-refractivity contribution in [2.75, 3.05) is 5.32 Å². The van der Waals surface area contributed by atoms with Crippen LogP contribution in [0.1, 0.15) is 36.7 Å². The van der Waals surface area contributed by atoms with Gasteiger partial charge in [-0.2, -0.15) is 0 Å². The van der Waals surface area contributed by atoms with E-state index in [4.69, 9.17) is 11.6 Å².